The summed E-state index contributed by atoms with van der Waals surface area (Å²) >= 11 is 0. The van der Waals surface area contributed by atoms with Crippen molar-refractivity contribution in [3.05, 3.63) is 58.4 Å². The molecule has 1 aliphatic rings. The van der Waals surface area contributed by atoms with Gasteiger partial charge >= 0.3 is 0 Å². The van der Waals surface area contributed by atoms with Gasteiger partial charge in [-0.15, -0.1) is 0 Å². The molecule has 25 heavy (non-hydrogen) atoms. The lowest BCUT2D eigenvalue weighted by Gasteiger charge is -2.27. The summed E-state index contributed by atoms with van der Waals surface area (Å²) in [6.07, 6.45) is 5.69. The zero-order valence-electron chi connectivity index (χ0n) is 15.6. The summed E-state index contributed by atoms with van der Waals surface area (Å²) in [7, 11) is 0. The Balaban J connectivity index is 2.05. The molecule has 2 aromatic rings. The summed E-state index contributed by atoms with van der Waals surface area (Å²) in [6.45, 7) is 6.16. The van der Waals surface area contributed by atoms with Crippen LogP contribution < -0.4 is 0 Å². The molecule has 0 radical (unpaired) electrons. The lowest BCUT2D eigenvalue weighted by atomic mass is 9.79. The Labute approximate surface area is 150 Å². The molecule has 0 unspecified atom stereocenters. The Hall–Kier alpha value is -1.67. The molecule has 0 amide bonds. The van der Waals surface area contributed by atoms with Crippen LogP contribution in [0.5, 0.6) is 0 Å². The van der Waals surface area contributed by atoms with Gasteiger partial charge in [0.1, 0.15) is 5.82 Å². The second-order valence-electron chi connectivity index (χ2n) is 7.39. The average Bonchev–Trinajstić information content (AvgIpc) is 2.63. The lowest BCUT2D eigenvalue weighted by molar-refractivity contribution is 0.122. The van der Waals surface area contributed by atoms with Gasteiger partial charge in [0.05, 0.1) is 6.10 Å². The van der Waals surface area contributed by atoms with Gasteiger partial charge in [0.15, 0.2) is 0 Å². The first-order chi connectivity index (χ1) is 12.0. The molecular weight excluding hydrogens is 311 g/mol. The second-order valence-corrected chi connectivity index (χ2v) is 7.39. The Morgan fingerprint density at radius 3 is 2.08 bits per heavy atom. The van der Waals surface area contributed by atoms with E-state index in [1.807, 2.05) is 12.1 Å². The van der Waals surface area contributed by atoms with Crippen LogP contribution in [0.3, 0.4) is 0 Å². The van der Waals surface area contributed by atoms with E-state index < -0.39 is 0 Å². The topological polar surface area (TPSA) is 20.2 Å². The van der Waals surface area contributed by atoms with Gasteiger partial charge in [-0.25, -0.2) is 4.39 Å². The van der Waals surface area contributed by atoms with E-state index in [0.717, 1.165) is 44.1 Å². The van der Waals surface area contributed by atoms with Gasteiger partial charge in [0, 0.05) is 0 Å². The SMILES string of the molecule is CCc1cc(C2CCC(O)CC2)cc(CC)c1-c1ccc(C)c(F)c1. The number of hydrogen-bond donors (Lipinski definition) is 1. The van der Waals surface area contributed by atoms with E-state index in [9.17, 15) is 9.50 Å². The fraction of sp³-hybridized carbons (Fsp3) is 0.478. The molecule has 0 heterocycles. The minimum absolute atomic E-state index is 0.123. The average molecular weight is 340 g/mol. The molecule has 134 valence electrons. The first-order valence-electron chi connectivity index (χ1n) is 9.63. The number of aliphatic hydroxyl groups is 1. The zero-order valence-corrected chi connectivity index (χ0v) is 15.6. The maximum Gasteiger partial charge on any atom is 0.126 e. The minimum atomic E-state index is -0.132. The highest BCUT2D eigenvalue weighted by atomic mass is 19.1. The number of hydrogen-bond acceptors (Lipinski definition) is 1. The molecule has 0 aromatic heterocycles. The van der Waals surface area contributed by atoms with Gasteiger partial charge in [-0.05, 0) is 90.8 Å². The molecule has 1 nitrogen and oxygen atoms in total. The highest BCUT2D eigenvalue weighted by molar-refractivity contribution is 5.72. The third kappa shape index (κ3) is 3.79. The summed E-state index contributed by atoms with van der Waals surface area (Å²) < 4.78 is 14.1. The second kappa shape index (κ2) is 7.70. The van der Waals surface area contributed by atoms with Crippen LogP contribution in [-0.4, -0.2) is 11.2 Å². The quantitative estimate of drug-likeness (QED) is 0.730. The number of aliphatic hydroxyl groups excluding tert-OH is 1. The van der Waals surface area contributed by atoms with Crippen molar-refractivity contribution in [2.45, 2.75) is 71.3 Å². The van der Waals surface area contributed by atoms with E-state index in [-0.39, 0.29) is 11.9 Å². The third-order valence-corrected chi connectivity index (χ3v) is 5.71. The van der Waals surface area contributed by atoms with E-state index in [2.05, 4.69) is 26.0 Å². The largest absolute Gasteiger partial charge is 0.393 e. The molecule has 0 atom stereocenters. The fourth-order valence-electron chi connectivity index (χ4n) is 4.12. The van der Waals surface area contributed by atoms with Gasteiger partial charge in [-0.3, -0.25) is 0 Å². The molecule has 1 saturated carbocycles. The van der Waals surface area contributed by atoms with Crippen LogP contribution in [0.25, 0.3) is 11.1 Å². The Morgan fingerprint density at radius 2 is 1.56 bits per heavy atom. The number of aryl methyl sites for hydroxylation is 3. The predicted molar refractivity (Wildman–Crippen MR) is 103 cm³/mol. The Bertz CT molecular complexity index is 717. The van der Waals surface area contributed by atoms with Crippen molar-refractivity contribution >= 4 is 0 Å². The first-order valence-corrected chi connectivity index (χ1v) is 9.63. The summed E-state index contributed by atoms with van der Waals surface area (Å²) in [5.74, 6) is 0.412. The number of benzene rings is 2. The zero-order chi connectivity index (χ0) is 18.0. The lowest BCUT2D eigenvalue weighted by Crippen LogP contribution is -2.17. The standard InChI is InChI=1S/C23H29FO/c1-4-16-12-20(18-8-10-21(25)11-9-18)13-17(5-2)23(16)19-7-6-15(3)22(24)14-19/h6-7,12-14,18,21,25H,4-5,8-11H2,1-3H3. The van der Waals surface area contributed by atoms with E-state index in [4.69, 9.17) is 0 Å². The van der Waals surface area contributed by atoms with Crippen LogP contribution in [0.2, 0.25) is 0 Å². The molecule has 2 aromatic carbocycles. The van der Waals surface area contributed by atoms with Crippen molar-refractivity contribution in [3.63, 3.8) is 0 Å². The van der Waals surface area contributed by atoms with Crippen LogP contribution in [-0.2, 0) is 12.8 Å². The molecule has 1 fully saturated rings. The van der Waals surface area contributed by atoms with E-state index in [1.54, 1.807) is 13.0 Å². The van der Waals surface area contributed by atoms with Crippen LogP contribution in [0, 0.1) is 12.7 Å². The van der Waals surface area contributed by atoms with Crippen LogP contribution >= 0.6 is 0 Å². The first kappa shape index (κ1) is 18.1. The van der Waals surface area contributed by atoms with Crippen molar-refractivity contribution in [2.75, 3.05) is 0 Å². The summed E-state index contributed by atoms with van der Waals surface area (Å²) in [6, 6.07) is 10.3. The normalized spacial score (nSPS) is 20.7. The third-order valence-electron chi connectivity index (χ3n) is 5.71. The van der Waals surface area contributed by atoms with Gasteiger partial charge in [0.2, 0.25) is 0 Å². The molecule has 3 rings (SSSR count). The molecule has 1 N–H and O–H groups in total. The van der Waals surface area contributed by atoms with Gasteiger partial charge < -0.3 is 5.11 Å². The van der Waals surface area contributed by atoms with Gasteiger partial charge in [-0.1, -0.05) is 38.1 Å². The molecule has 0 bridgehead atoms. The van der Waals surface area contributed by atoms with Crippen molar-refractivity contribution in [2.24, 2.45) is 0 Å². The smallest absolute Gasteiger partial charge is 0.126 e. The van der Waals surface area contributed by atoms with Gasteiger partial charge in [0.25, 0.3) is 0 Å². The van der Waals surface area contributed by atoms with Crippen LogP contribution in [0.1, 0.15) is 67.7 Å². The van der Waals surface area contributed by atoms with E-state index >= 15 is 0 Å². The highest BCUT2D eigenvalue weighted by Gasteiger charge is 2.22. The van der Waals surface area contributed by atoms with Crippen LogP contribution in [0.15, 0.2) is 30.3 Å². The van der Waals surface area contributed by atoms with E-state index in [0.29, 0.717) is 11.5 Å². The summed E-state index contributed by atoms with van der Waals surface area (Å²) in [5.41, 5.74) is 6.91. The summed E-state index contributed by atoms with van der Waals surface area (Å²) in [4.78, 5) is 0. The fourth-order valence-corrected chi connectivity index (χ4v) is 4.12. The monoisotopic (exact) mass is 340 g/mol. The maximum atomic E-state index is 14.1. The van der Waals surface area contributed by atoms with Crippen molar-refractivity contribution in [1.82, 2.24) is 0 Å². The summed E-state index contributed by atoms with van der Waals surface area (Å²) in [5, 5.41) is 9.78. The molecule has 0 spiro atoms. The Morgan fingerprint density at radius 1 is 0.960 bits per heavy atom. The minimum Gasteiger partial charge on any atom is -0.393 e. The van der Waals surface area contributed by atoms with E-state index in [1.165, 1.54) is 22.3 Å². The van der Waals surface area contributed by atoms with Crippen LogP contribution in [0.4, 0.5) is 4.39 Å². The molecule has 2 heteroatoms. The Kier molecular flexibility index (Phi) is 5.58. The molecule has 0 saturated heterocycles. The van der Waals surface area contributed by atoms with Crippen molar-refractivity contribution in [3.8, 4) is 11.1 Å². The number of rotatable bonds is 4. The molecular formula is C23H29FO. The van der Waals surface area contributed by atoms with Gasteiger partial charge in [-0.2, -0.15) is 0 Å². The van der Waals surface area contributed by atoms with Crippen molar-refractivity contribution < 1.29 is 9.50 Å². The maximum absolute atomic E-state index is 14.1. The molecule has 0 aliphatic heterocycles. The highest BCUT2D eigenvalue weighted by Crippen LogP contribution is 2.38. The number of halogens is 1. The van der Waals surface area contributed by atoms with Crippen molar-refractivity contribution in [1.29, 1.82) is 0 Å². The predicted octanol–water partition coefficient (Wildman–Crippen LogP) is 5.94. The molecule has 1 aliphatic carbocycles.